The summed E-state index contributed by atoms with van der Waals surface area (Å²) in [5.74, 6) is -5.97. The molecular weight excluding hydrogens is 974 g/mol. The normalized spacial score (nSPS) is 36.2. The van der Waals surface area contributed by atoms with E-state index in [1.165, 1.54) is 0 Å². The van der Waals surface area contributed by atoms with Gasteiger partial charge in [-0.15, -0.1) is 0 Å². The molecule has 0 amide bonds. The fourth-order valence-electron chi connectivity index (χ4n) is 6.08. The quantitative estimate of drug-likeness (QED) is 0.101. The average molecular weight is 1010 g/mol. The number of carboxylic acid groups (broad SMARTS) is 3. The van der Waals surface area contributed by atoms with E-state index in [-0.39, 0.29) is 220 Å². The number of rotatable bonds is 8. The summed E-state index contributed by atoms with van der Waals surface area (Å²) in [4.78, 5) is 33.3. The topological polar surface area (TPSA) is 489 Å². The van der Waals surface area contributed by atoms with E-state index >= 15 is 0 Å². The summed E-state index contributed by atoms with van der Waals surface area (Å²) < 4.78 is 64.7. The van der Waals surface area contributed by atoms with Crippen LogP contribution in [0.5, 0.6) is 0 Å². The van der Waals surface area contributed by atoms with Gasteiger partial charge in [0.25, 0.3) is 0 Å². The molecule has 8 bridgehead atoms. The predicted octanol–water partition coefficient (Wildman–Crippen LogP) is -38.5. The number of fused-ring (bicyclic) bond motifs is 6. The van der Waals surface area contributed by atoms with Gasteiger partial charge in [0.05, 0.1) is 61.1 Å². The van der Waals surface area contributed by atoms with E-state index < -0.39 is 159 Å². The summed E-state index contributed by atoms with van der Waals surface area (Å²) in [6, 6.07) is 0. The minimum absolute atomic E-state index is 0. The monoisotopic (exact) mass is 1010 g/mol. The van der Waals surface area contributed by atoms with Gasteiger partial charge in [-0.2, -0.15) is 0 Å². The molecule has 7 fully saturated rings. The van der Waals surface area contributed by atoms with Crippen molar-refractivity contribution in [2.45, 2.75) is 91.6 Å². The first-order valence-corrected chi connectivity index (χ1v) is 16.7. The van der Waals surface area contributed by atoms with Gasteiger partial charge in [-0.1, -0.05) is 0 Å². The third-order valence-corrected chi connectivity index (χ3v) is 9.04. The summed E-state index contributed by atoms with van der Waals surface area (Å²) in [6.07, 6.45) is -29.0. The smallest absolute Gasteiger partial charge is 0.833 e. The Kier molecular flexibility index (Phi) is 36.9. The molecular formula is C21H31B6Na7O31. The van der Waals surface area contributed by atoms with Crippen LogP contribution in [0.4, 0.5) is 0 Å². The number of hydrogen-bond acceptors (Lipinski definition) is 31. The first-order chi connectivity index (χ1) is 27.1. The van der Waals surface area contributed by atoms with Crippen molar-refractivity contribution < 1.29 is 358 Å². The number of aliphatic hydroxyl groups excluding tert-OH is 10. The van der Waals surface area contributed by atoms with E-state index in [1.54, 1.807) is 0 Å². The van der Waals surface area contributed by atoms with Crippen LogP contribution in [-0.2, 0) is 74.5 Å². The van der Waals surface area contributed by atoms with Crippen molar-refractivity contribution in [1.29, 1.82) is 0 Å². The first-order valence-electron chi connectivity index (χ1n) is 16.7. The second kappa shape index (κ2) is 32.4. The van der Waals surface area contributed by atoms with E-state index in [1.807, 2.05) is 0 Å². The molecule has 15 atom stereocenters. The van der Waals surface area contributed by atoms with Gasteiger partial charge in [0.15, 0.2) is 0 Å². The van der Waals surface area contributed by atoms with Gasteiger partial charge in [-0.05, 0) is 0 Å². The Morgan fingerprint density at radius 3 is 1.23 bits per heavy atom. The van der Waals surface area contributed by atoms with Crippen LogP contribution in [0.3, 0.4) is 0 Å². The second-order valence-corrected chi connectivity index (χ2v) is 12.9. The molecule has 7 rings (SSSR count). The molecule has 7 aliphatic heterocycles. The van der Waals surface area contributed by atoms with Crippen LogP contribution in [-0.4, -0.2) is 224 Å². The van der Waals surface area contributed by atoms with Crippen LogP contribution in [0.25, 0.3) is 0 Å². The molecule has 0 aromatic heterocycles. The molecule has 0 saturated carbocycles. The maximum atomic E-state index is 11.6. The van der Waals surface area contributed by atoms with Crippen LogP contribution >= 0.6 is 0 Å². The molecule has 0 radical (unpaired) electrons. The molecule has 0 aliphatic carbocycles. The number of carboxylic acids is 3. The van der Waals surface area contributed by atoms with Gasteiger partial charge in [-0.25, -0.2) is 0 Å². The van der Waals surface area contributed by atoms with E-state index in [0.29, 0.717) is 0 Å². The molecule has 0 aromatic carbocycles. The zero-order chi connectivity index (χ0) is 43.0. The van der Waals surface area contributed by atoms with Gasteiger partial charge >= 0.3 is 250 Å². The van der Waals surface area contributed by atoms with Gasteiger partial charge in [0.2, 0.25) is 0 Å². The van der Waals surface area contributed by atoms with Crippen molar-refractivity contribution in [2.75, 3.05) is 19.8 Å². The van der Waals surface area contributed by atoms with E-state index in [4.69, 9.17) is 67.9 Å². The molecule has 7 heterocycles. The standard InChI is InChI=1S/C14H20B2O16.C7H14O8.B4O7.7Na/c17-5-3-1-25-15(27-3)26-2-4(28-15)6(18)10-8(20)12(14(23)24)32-16(30-10)29-9(5)7(19)11(31-16)13(21)22;8-1-2(9)3(10)4(11)5(12)6(13)7(14)15;5-1-7-3-9-2(6)10-4(8-1)11-3;;;;;;;/h3-12,17-20H,1-2H2,(H,21,22)(H,23,24);2-6,8-13H,1H2,(H,14,15);;;;;;;;/q-2;;-2;7*+1/p-3. The van der Waals surface area contributed by atoms with E-state index in [9.17, 15) is 60.2 Å². The zero-order valence-corrected chi connectivity index (χ0v) is 49.8. The Balaban J connectivity index is -0.000000988. The van der Waals surface area contributed by atoms with Crippen molar-refractivity contribution in [1.82, 2.24) is 0 Å². The summed E-state index contributed by atoms with van der Waals surface area (Å²) in [7, 11) is -6.00. The third kappa shape index (κ3) is 18.5. The van der Waals surface area contributed by atoms with E-state index in [0.717, 1.165) is 0 Å². The Morgan fingerprint density at radius 1 is 0.538 bits per heavy atom. The molecule has 65 heavy (non-hydrogen) atoms. The fourth-order valence-corrected chi connectivity index (χ4v) is 6.08. The second-order valence-electron chi connectivity index (χ2n) is 12.9. The van der Waals surface area contributed by atoms with Crippen LogP contribution in [0.15, 0.2) is 0 Å². The Labute approximate surface area is 522 Å². The zero-order valence-electron chi connectivity index (χ0n) is 35.8. The SMILES string of the molecule is O=C([O-])C(O)C(O)C(O)C(O)C(O)CO.O=C([O-])C1O[B-]23OC(C(=O)[O-])C(O)C(O2)C(O)C2CO[B-]4(OCC(O4)C(O)C(O3)C1O)O2.[Na+].[Na+].[Na+].[Na+].[Na+].[Na+].[Na+].[O-]B1OB2OB([O-])OB(O1)O2. The van der Waals surface area contributed by atoms with Crippen molar-refractivity contribution in [3.63, 3.8) is 0 Å². The summed E-state index contributed by atoms with van der Waals surface area (Å²) in [5.41, 5.74) is 0. The van der Waals surface area contributed by atoms with Gasteiger partial charge < -0.3 is 151 Å². The Morgan fingerprint density at radius 2 is 0.908 bits per heavy atom. The van der Waals surface area contributed by atoms with Gasteiger partial charge in [-0.3, -0.25) is 0 Å². The molecule has 7 saturated heterocycles. The van der Waals surface area contributed by atoms with Crippen molar-refractivity contribution in [2.24, 2.45) is 0 Å². The summed E-state index contributed by atoms with van der Waals surface area (Å²) >= 11 is 0. The van der Waals surface area contributed by atoms with Gasteiger partial charge in [0, 0.05) is 13.2 Å². The minimum atomic E-state index is -3.87. The fraction of sp³-hybridized carbons (Fsp3) is 0.857. The summed E-state index contributed by atoms with van der Waals surface area (Å²) in [5, 5.41) is 150. The number of aliphatic carboxylic acids is 3. The van der Waals surface area contributed by atoms with Crippen LogP contribution in [0.1, 0.15) is 0 Å². The number of aliphatic hydroxyl groups is 10. The minimum Gasteiger partial charge on any atom is -0.833 e. The van der Waals surface area contributed by atoms with Crippen LogP contribution in [0.2, 0.25) is 0 Å². The molecule has 0 aromatic rings. The number of carbonyl (C=O) groups excluding carboxylic acids is 3. The Hall–Kier alpha value is 4.80. The van der Waals surface area contributed by atoms with Crippen LogP contribution < -0.4 is 232 Å². The van der Waals surface area contributed by atoms with Crippen molar-refractivity contribution in [3.05, 3.63) is 0 Å². The first kappa shape index (κ1) is 74.0. The Bertz CT molecular complexity index is 1370. The molecule has 326 valence electrons. The largest absolute Gasteiger partial charge is 1.00 e. The molecule has 2 spiro atoms. The molecule has 7 aliphatic rings. The maximum Gasteiger partial charge on any atom is 1.00 e. The molecule has 31 nitrogen and oxygen atoms in total. The van der Waals surface area contributed by atoms with Crippen molar-refractivity contribution >= 4 is 61.1 Å². The molecule has 10 N–H and O–H groups in total. The van der Waals surface area contributed by atoms with Crippen molar-refractivity contribution in [3.8, 4) is 0 Å². The summed E-state index contributed by atoms with van der Waals surface area (Å²) in [6.45, 7) is -8.38. The number of hydrogen-bond donors (Lipinski definition) is 10. The molecule has 15 unspecified atom stereocenters. The average Bonchev–Trinajstić information content (AvgIpc) is 3.79. The van der Waals surface area contributed by atoms with E-state index in [2.05, 4.69) is 22.9 Å². The van der Waals surface area contributed by atoms with Gasteiger partial charge in [0.1, 0.15) is 54.9 Å². The number of carbonyl (C=O) groups is 3. The predicted molar refractivity (Wildman–Crippen MR) is 157 cm³/mol. The maximum absolute atomic E-state index is 11.6. The third-order valence-electron chi connectivity index (χ3n) is 9.04. The van der Waals surface area contributed by atoms with Crippen LogP contribution in [0, 0.1) is 0 Å². The molecule has 44 heteroatoms.